The maximum absolute atomic E-state index is 10.5. The van der Waals surface area contributed by atoms with Gasteiger partial charge in [-0.05, 0) is 53.7 Å². The second kappa shape index (κ2) is 5.17. The van der Waals surface area contributed by atoms with Crippen LogP contribution in [-0.4, -0.2) is 23.9 Å². The number of halogens is 1. The highest BCUT2D eigenvalue weighted by molar-refractivity contribution is 9.11. The first-order valence-corrected chi connectivity index (χ1v) is 7.22. The van der Waals surface area contributed by atoms with Crippen LogP contribution in [0.15, 0.2) is 15.9 Å². The van der Waals surface area contributed by atoms with Gasteiger partial charge in [0.1, 0.15) is 0 Å². The van der Waals surface area contributed by atoms with Gasteiger partial charge in [0.25, 0.3) is 0 Å². The van der Waals surface area contributed by atoms with Crippen molar-refractivity contribution in [1.29, 1.82) is 0 Å². The largest absolute Gasteiger partial charge is 0.390 e. The van der Waals surface area contributed by atoms with Gasteiger partial charge in [-0.25, -0.2) is 0 Å². The van der Waals surface area contributed by atoms with Gasteiger partial charge in [-0.1, -0.05) is 0 Å². The molecule has 16 heavy (non-hydrogen) atoms. The van der Waals surface area contributed by atoms with Crippen LogP contribution in [0.5, 0.6) is 0 Å². The van der Waals surface area contributed by atoms with Gasteiger partial charge in [0, 0.05) is 18.4 Å². The molecular formula is C12H17BrO2S. The summed E-state index contributed by atoms with van der Waals surface area (Å²) in [5.74, 6) is 0. The lowest BCUT2D eigenvalue weighted by Crippen LogP contribution is -2.38. The molecule has 1 aliphatic rings. The summed E-state index contributed by atoms with van der Waals surface area (Å²) >= 11 is 5.16. The van der Waals surface area contributed by atoms with Crippen molar-refractivity contribution in [3.8, 4) is 0 Å². The minimum absolute atomic E-state index is 0.343. The smallest absolute Gasteiger partial charge is 0.0701 e. The zero-order valence-corrected chi connectivity index (χ0v) is 11.8. The summed E-state index contributed by atoms with van der Waals surface area (Å²) in [6.45, 7) is 0. The van der Waals surface area contributed by atoms with E-state index in [1.54, 1.807) is 18.4 Å². The molecule has 1 aliphatic carbocycles. The Labute approximate surface area is 109 Å². The van der Waals surface area contributed by atoms with E-state index >= 15 is 0 Å². The van der Waals surface area contributed by atoms with Crippen LogP contribution in [0.25, 0.3) is 0 Å². The number of aliphatic hydroxyl groups is 1. The average Bonchev–Trinajstić information content (AvgIpc) is 2.64. The standard InChI is InChI=1S/C12H17BrO2S/c1-15-9-4-6-12(14,7-5-9)8-10-2-3-11(13)16-10/h2-3,9,14H,4-8H2,1H3. The molecule has 0 spiro atoms. The summed E-state index contributed by atoms with van der Waals surface area (Å²) in [5.41, 5.74) is -0.515. The summed E-state index contributed by atoms with van der Waals surface area (Å²) < 4.78 is 6.46. The number of thiophene rings is 1. The van der Waals surface area contributed by atoms with E-state index in [-0.39, 0.29) is 0 Å². The van der Waals surface area contributed by atoms with Crippen molar-refractivity contribution in [1.82, 2.24) is 0 Å². The molecule has 0 aromatic carbocycles. The van der Waals surface area contributed by atoms with Crippen LogP contribution in [0.1, 0.15) is 30.6 Å². The summed E-state index contributed by atoms with van der Waals surface area (Å²) in [4.78, 5) is 1.25. The van der Waals surface area contributed by atoms with Crippen LogP contribution in [0.4, 0.5) is 0 Å². The maximum atomic E-state index is 10.5. The van der Waals surface area contributed by atoms with E-state index < -0.39 is 5.60 Å². The normalized spacial score (nSPS) is 30.6. The Morgan fingerprint density at radius 3 is 2.69 bits per heavy atom. The Morgan fingerprint density at radius 1 is 1.50 bits per heavy atom. The Balaban J connectivity index is 1.94. The molecule has 1 aromatic heterocycles. The molecular weight excluding hydrogens is 288 g/mol. The average molecular weight is 305 g/mol. The number of ether oxygens (including phenoxy) is 1. The molecule has 90 valence electrons. The Hall–Kier alpha value is 0.1000. The third-order valence-corrected chi connectivity index (χ3v) is 4.95. The summed E-state index contributed by atoms with van der Waals surface area (Å²) in [6, 6.07) is 4.14. The fourth-order valence-corrected chi connectivity index (χ4v) is 3.93. The topological polar surface area (TPSA) is 29.5 Å². The van der Waals surface area contributed by atoms with Crippen molar-refractivity contribution >= 4 is 27.3 Å². The highest BCUT2D eigenvalue weighted by Crippen LogP contribution is 2.34. The molecule has 0 radical (unpaired) electrons. The zero-order valence-electron chi connectivity index (χ0n) is 9.41. The molecule has 0 amide bonds. The van der Waals surface area contributed by atoms with Gasteiger partial charge >= 0.3 is 0 Å². The Kier molecular flexibility index (Phi) is 4.06. The summed E-state index contributed by atoms with van der Waals surface area (Å²) in [5, 5.41) is 10.5. The maximum Gasteiger partial charge on any atom is 0.0701 e. The molecule has 1 saturated carbocycles. The van der Waals surface area contributed by atoms with Gasteiger partial charge in [0.2, 0.25) is 0 Å². The fraction of sp³-hybridized carbons (Fsp3) is 0.667. The first-order chi connectivity index (χ1) is 7.61. The number of methoxy groups -OCH3 is 1. The molecule has 0 atom stereocenters. The SMILES string of the molecule is COC1CCC(O)(Cc2ccc(Br)s2)CC1. The molecule has 0 saturated heterocycles. The van der Waals surface area contributed by atoms with Crippen LogP contribution in [-0.2, 0) is 11.2 Å². The quantitative estimate of drug-likeness (QED) is 0.928. The molecule has 0 aliphatic heterocycles. The molecule has 1 N–H and O–H groups in total. The number of rotatable bonds is 3. The molecule has 1 heterocycles. The fourth-order valence-electron chi connectivity index (χ4n) is 2.31. The van der Waals surface area contributed by atoms with E-state index in [9.17, 15) is 5.11 Å². The van der Waals surface area contributed by atoms with Gasteiger partial charge in [-0.15, -0.1) is 11.3 Å². The van der Waals surface area contributed by atoms with Gasteiger partial charge < -0.3 is 9.84 Å². The second-order valence-corrected chi connectivity index (χ2v) is 7.09. The Bertz CT molecular complexity index is 343. The molecule has 0 unspecified atom stereocenters. The van der Waals surface area contributed by atoms with E-state index in [1.807, 2.05) is 6.07 Å². The summed E-state index contributed by atoms with van der Waals surface area (Å²) in [7, 11) is 1.76. The van der Waals surface area contributed by atoms with E-state index in [4.69, 9.17) is 4.74 Å². The van der Waals surface area contributed by atoms with Gasteiger partial charge in [0.05, 0.1) is 15.5 Å². The van der Waals surface area contributed by atoms with Crippen molar-refractivity contribution in [2.45, 2.75) is 43.8 Å². The third kappa shape index (κ3) is 3.06. The summed E-state index contributed by atoms with van der Waals surface area (Å²) in [6.07, 6.45) is 4.76. The molecule has 0 bridgehead atoms. The minimum atomic E-state index is -0.515. The molecule has 1 fully saturated rings. The van der Waals surface area contributed by atoms with Crippen molar-refractivity contribution in [2.75, 3.05) is 7.11 Å². The van der Waals surface area contributed by atoms with Crippen LogP contribution in [0, 0.1) is 0 Å². The molecule has 1 aromatic rings. The number of hydrogen-bond donors (Lipinski definition) is 1. The second-order valence-electron chi connectivity index (χ2n) is 4.54. The molecule has 2 rings (SSSR count). The Morgan fingerprint density at radius 2 is 2.19 bits per heavy atom. The predicted molar refractivity (Wildman–Crippen MR) is 69.9 cm³/mol. The van der Waals surface area contributed by atoms with Crippen LogP contribution < -0.4 is 0 Å². The lowest BCUT2D eigenvalue weighted by atomic mass is 9.81. The highest BCUT2D eigenvalue weighted by Gasteiger charge is 2.33. The van der Waals surface area contributed by atoms with Gasteiger partial charge in [0.15, 0.2) is 0 Å². The van der Waals surface area contributed by atoms with Crippen molar-refractivity contribution in [2.24, 2.45) is 0 Å². The van der Waals surface area contributed by atoms with Crippen molar-refractivity contribution in [3.63, 3.8) is 0 Å². The van der Waals surface area contributed by atoms with Crippen molar-refractivity contribution < 1.29 is 9.84 Å². The zero-order chi connectivity index (χ0) is 11.6. The van der Waals surface area contributed by atoms with Gasteiger partial charge in [-0.3, -0.25) is 0 Å². The van der Waals surface area contributed by atoms with Crippen molar-refractivity contribution in [3.05, 3.63) is 20.8 Å². The van der Waals surface area contributed by atoms with E-state index in [2.05, 4.69) is 22.0 Å². The predicted octanol–water partition coefficient (Wildman–Crippen LogP) is 3.37. The monoisotopic (exact) mass is 304 g/mol. The van der Waals surface area contributed by atoms with Crippen LogP contribution in [0.3, 0.4) is 0 Å². The first-order valence-electron chi connectivity index (χ1n) is 5.61. The third-order valence-electron chi connectivity index (χ3n) is 3.33. The lowest BCUT2D eigenvalue weighted by Gasteiger charge is -2.35. The van der Waals surface area contributed by atoms with Crippen LogP contribution >= 0.6 is 27.3 Å². The molecule has 4 heteroatoms. The number of hydrogen-bond acceptors (Lipinski definition) is 3. The van der Waals surface area contributed by atoms with Crippen LogP contribution in [0.2, 0.25) is 0 Å². The minimum Gasteiger partial charge on any atom is -0.390 e. The van der Waals surface area contributed by atoms with E-state index in [0.29, 0.717) is 6.10 Å². The van der Waals surface area contributed by atoms with E-state index in [1.165, 1.54) is 4.88 Å². The molecule has 2 nitrogen and oxygen atoms in total. The first kappa shape index (κ1) is 12.6. The lowest BCUT2D eigenvalue weighted by molar-refractivity contribution is -0.0422. The van der Waals surface area contributed by atoms with E-state index in [0.717, 1.165) is 35.9 Å². The van der Waals surface area contributed by atoms with Gasteiger partial charge in [-0.2, -0.15) is 0 Å². The highest BCUT2D eigenvalue weighted by atomic mass is 79.9.